The maximum atomic E-state index is 12.4. The van der Waals surface area contributed by atoms with Gasteiger partial charge in [0.1, 0.15) is 0 Å². The van der Waals surface area contributed by atoms with Crippen LogP contribution in [0.1, 0.15) is 186 Å². The Morgan fingerprint density at radius 3 is 1.24 bits per heavy atom. The molecule has 1 aliphatic carbocycles. The number of allylic oxidation sites excluding steroid dienone is 2. The highest BCUT2D eigenvalue weighted by Crippen LogP contribution is 2.20. The first kappa shape index (κ1) is 43.7. The summed E-state index contributed by atoms with van der Waals surface area (Å²) in [7, 11) is 0. The van der Waals surface area contributed by atoms with E-state index in [9.17, 15) is 9.59 Å². The lowest BCUT2D eigenvalue weighted by atomic mass is 10.1. The normalized spacial score (nSPS) is 22.6. The fourth-order valence-electron chi connectivity index (χ4n) is 7.44. The van der Waals surface area contributed by atoms with E-state index in [1.165, 1.54) is 116 Å². The van der Waals surface area contributed by atoms with Crippen LogP contribution in [-0.4, -0.2) is 62.9 Å². The molecular weight excluding hydrogens is 640 g/mol. The van der Waals surface area contributed by atoms with E-state index in [1.54, 1.807) is 12.2 Å². The smallest absolute Gasteiger partial charge is 0.243 e. The predicted octanol–water partition coefficient (Wildman–Crippen LogP) is 10.1. The molecule has 2 saturated heterocycles. The molecule has 2 aliphatic heterocycles. The standard InChI is InChI=1S/C43H76N2O6/c46-40(27-19-15-11-7-3-1-5-9-13-17-23-33-48-42-29-21-25-35-50-42)44-38-31-32-39(37-38)45-41(47)28-20-16-12-8-4-2-6-10-14-18-24-34-49-43-30-22-26-36-51-43/h19-20,27-28,38-39,42-43H,1-18,21-26,29-37H2,(H,44,46)(H,45,47)/b27-19+,28-20+/t38-,39+,42?,43?. The molecule has 2 heterocycles. The van der Waals surface area contributed by atoms with E-state index >= 15 is 0 Å². The van der Waals surface area contributed by atoms with Crippen molar-refractivity contribution >= 4 is 11.8 Å². The maximum absolute atomic E-state index is 12.4. The summed E-state index contributed by atoms with van der Waals surface area (Å²) >= 11 is 0. The van der Waals surface area contributed by atoms with Gasteiger partial charge in [0.25, 0.3) is 0 Å². The second-order valence-electron chi connectivity index (χ2n) is 15.3. The first-order chi connectivity index (χ1) is 25.2. The predicted molar refractivity (Wildman–Crippen MR) is 207 cm³/mol. The zero-order valence-electron chi connectivity index (χ0n) is 32.4. The van der Waals surface area contributed by atoms with Gasteiger partial charge in [-0.3, -0.25) is 9.59 Å². The second kappa shape index (κ2) is 30.7. The number of carbonyl (C=O) groups is 2. The first-order valence-electron chi connectivity index (χ1n) is 21.6. The number of carbonyl (C=O) groups excluding carboxylic acids is 2. The Morgan fingerprint density at radius 2 is 0.863 bits per heavy atom. The van der Waals surface area contributed by atoms with Crippen molar-refractivity contribution in [2.45, 2.75) is 211 Å². The van der Waals surface area contributed by atoms with Crippen LogP contribution in [0.3, 0.4) is 0 Å². The lowest BCUT2D eigenvalue weighted by molar-refractivity contribution is -0.163. The summed E-state index contributed by atoms with van der Waals surface area (Å²) < 4.78 is 22.8. The van der Waals surface area contributed by atoms with Crippen LogP contribution in [-0.2, 0) is 28.5 Å². The van der Waals surface area contributed by atoms with Gasteiger partial charge < -0.3 is 29.6 Å². The van der Waals surface area contributed by atoms with Crippen molar-refractivity contribution in [1.82, 2.24) is 10.6 Å². The van der Waals surface area contributed by atoms with Gasteiger partial charge in [0.2, 0.25) is 11.8 Å². The highest BCUT2D eigenvalue weighted by atomic mass is 16.7. The number of nitrogens with one attached hydrogen (secondary N) is 2. The van der Waals surface area contributed by atoms with Gasteiger partial charge in [0.05, 0.1) is 0 Å². The maximum Gasteiger partial charge on any atom is 0.243 e. The summed E-state index contributed by atoms with van der Waals surface area (Å²) in [6.45, 7) is 3.39. The summed E-state index contributed by atoms with van der Waals surface area (Å²) in [5.74, 6) is -0.00998. The summed E-state index contributed by atoms with van der Waals surface area (Å²) in [5.41, 5.74) is 0. The molecule has 4 atom stereocenters. The Hall–Kier alpha value is -1.74. The lowest BCUT2D eigenvalue weighted by Gasteiger charge is -2.22. The van der Waals surface area contributed by atoms with Crippen molar-refractivity contribution in [2.75, 3.05) is 26.4 Å². The number of rotatable bonds is 30. The van der Waals surface area contributed by atoms with E-state index in [-0.39, 0.29) is 36.5 Å². The quantitative estimate of drug-likeness (QED) is 0.0568. The minimum atomic E-state index is -0.00499. The van der Waals surface area contributed by atoms with Crippen molar-refractivity contribution in [2.24, 2.45) is 0 Å². The SMILES string of the molecule is O=C(/C=C/CCCCCCCCCCCOC1CCCCO1)N[C@@H]1CC[C@H](NC(=O)/C=C/CCCCCCCCCCCOC2CCCCO2)C1. The number of ether oxygens (including phenoxy) is 4. The summed E-state index contributed by atoms with van der Waals surface area (Å²) in [6, 6.07) is 0.287. The third-order valence-electron chi connectivity index (χ3n) is 10.6. The molecule has 3 rings (SSSR count). The summed E-state index contributed by atoms with van der Waals surface area (Å²) in [5, 5.41) is 6.26. The van der Waals surface area contributed by atoms with Gasteiger partial charge in [-0.25, -0.2) is 0 Å². The van der Waals surface area contributed by atoms with Crippen LogP contribution < -0.4 is 10.6 Å². The van der Waals surface area contributed by atoms with Gasteiger partial charge in [-0.1, -0.05) is 102 Å². The molecule has 0 spiro atoms. The molecule has 8 heteroatoms. The molecule has 0 aromatic carbocycles. The number of hydrogen-bond acceptors (Lipinski definition) is 6. The third kappa shape index (κ3) is 24.2. The Kier molecular flexibility index (Phi) is 26.3. The van der Waals surface area contributed by atoms with Crippen LogP contribution in [0.2, 0.25) is 0 Å². The van der Waals surface area contributed by atoms with Crippen molar-refractivity contribution in [1.29, 1.82) is 0 Å². The molecule has 8 nitrogen and oxygen atoms in total. The molecule has 2 N–H and O–H groups in total. The van der Waals surface area contributed by atoms with E-state index < -0.39 is 0 Å². The highest BCUT2D eigenvalue weighted by Gasteiger charge is 2.26. The molecule has 0 aromatic heterocycles. The van der Waals surface area contributed by atoms with Gasteiger partial charge in [-0.2, -0.15) is 0 Å². The van der Waals surface area contributed by atoms with Gasteiger partial charge in [0.15, 0.2) is 12.6 Å². The minimum Gasteiger partial charge on any atom is -0.353 e. The van der Waals surface area contributed by atoms with Gasteiger partial charge in [-0.05, 0) is 108 Å². The fourth-order valence-corrected chi connectivity index (χ4v) is 7.44. The average Bonchev–Trinajstić information content (AvgIpc) is 3.58. The van der Waals surface area contributed by atoms with E-state index in [4.69, 9.17) is 18.9 Å². The molecule has 2 unspecified atom stereocenters. The van der Waals surface area contributed by atoms with Crippen molar-refractivity contribution in [3.05, 3.63) is 24.3 Å². The highest BCUT2D eigenvalue weighted by molar-refractivity contribution is 5.88. The van der Waals surface area contributed by atoms with Gasteiger partial charge in [-0.15, -0.1) is 0 Å². The number of unbranched alkanes of at least 4 members (excludes halogenated alkanes) is 18. The van der Waals surface area contributed by atoms with Crippen LogP contribution >= 0.6 is 0 Å². The molecule has 0 radical (unpaired) electrons. The molecule has 0 bridgehead atoms. The van der Waals surface area contributed by atoms with Crippen LogP contribution in [0, 0.1) is 0 Å². The Labute approximate surface area is 312 Å². The van der Waals surface area contributed by atoms with Crippen LogP contribution in [0.25, 0.3) is 0 Å². The van der Waals surface area contributed by atoms with Crippen molar-refractivity contribution < 1.29 is 28.5 Å². The largest absolute Gasteiger partial charge is 0.353 e. The number of hydrogen-bond donors (Lipinski definition) is 2. The summed E-state index contributed by atoms with van der Waals surface area (Å²) in [4.78, 5) is 24.8. The zero-order chi connectivity index (χ0) is 35.9. The molecule has 51 heavy (non-hydrogen) atoms. The monoisotopic (exact) mass is 717 g/mol. The molecule has 1 saturated carbocycles. The second-order valence-corrected chi connectivity index (χ2v) is 15.3. The molecule has 294 valence electrons. The number of amides is 2. The minimum absolute atomic E-state index is 0.00499. The van der Waals surface area contributed by atoms with E-state index in [2.05, 4.69) is 10.6 Å². The molecule has 0 aromatic rings. The van der Waals surface area contributed by atoms with Crippen LogP contribution in [0.5, 0.6) is 0 Å². The van der Waals surface area contributed by atoms with Gasteiger partial charge in [0, 0.05) is 38.5 Å². The van der Waals surface area contributed by atoms with Gasteiger partial charge >= 0.3 is 0 Å². The van der Waals surface area contributed by atoms with E-state index in [0.717, 1.165) is 97.1 Å². The molecular formula is C43H76N2O6. The fraction of sp³-hybridized carbons (Fsp3) is 0.860. The zero-order valence-corrected chi connectivity index (χ0v) is 32.4. The van der Waals surface area contributed by atoms with E-state index in [1.807, 2.05) is 12.2 Å². The average molecular weight is 717 g/mol. The van der Waals surface area contributed by atoms with Crippen molar-refractivity contribution in [3.8, 4) is 0 Å². The van der Waals surface area contributed by atoms with Crippen molar-refractivity contribution in [3.63, 3.8) is 0 Å². The first-order valence-corrected chi connectivity index (χ1v) is 21.6. The molecule has 2 amide bonds. The molecule has 3 fully saturated rings. The Balaban J connectivity index is 1.02. The van der Waals surface area contributed by atoms with Crippen LogP contribution in [0.4, 0.5) is 0 Å². The third-order valence-corrected chi connectivity index (χ3v) is 10.6. The van der Waals surface area contributed by atoms with Crippen LogP contribution in [0.15, 0.2) is 24.3 Å². The van der Waals surface area contributed by atoms with E-state index in [0.29, 0.717) is 0 Å². The Bertz CT molecular complexity index is 842. The molecule has 3 aliphatic rings. The Morgan fingerprint density at radius 1 is 0.490 bits per heavy atom. The summed E-state index contributed by atoms with van der Waals surface area (Å²) in [6.07, 6.45) is 41.6. The topological polar surface area (TPSA) is 95.1 Å². The lowest BCUT2D eigenvalue weighted by Crippen LogP contribution is -2.36.